The summed E-state index contributed by atoms with van der Waals surface area (Å²) in [5.41, 5.74) is 7.17. The molecule has 1 aliphatic heterocycles. The summed E-state index contributed by atoms with van der Waals surface area (Å²) >= 11 is 0. The van der Waals surface area contributed by atoms with E-state index in [-0.39, 0.29) is 12.0 Å². The number of anilines is 1. The van der Waals surface area contributed by atoms with Gasteiger partial charge in [0.1, 0.15) is 5.69 Å². The molecule has 1 atom stereocenters. The molecule has 0 saturated carbocycles. The molecule has 1 fully saturated rings. The highest BCUT2D eigenvalue weighted by molar-refractivity contribution is 5.93. The average molecular weight is 292 g/mol. The van der Waals surface area contributed by atoms with Crippen LogP contribution in [-0.2, 0) is 4.74 Å². The van der Waals surface area contributed by atoms with Gasteiger partial charge in [0.15, 0.2) is 0 Å². The number of ether oxygens (including phenoxy) is 1. The molecule has 21 heavy (non-hydrogen) atoms. The first kappa shape index (κ1) is 15.7. The molecule has 0 radical (unpaired) electrons. The van der Waals surface area contributed by atoms with Crippen molar-refractivity contribution in [1.29, 1.82) is 0 Å². The van der Waals surface area contributed by atoms with E-state index < -0.39 is 0 Å². The lowest BCUT2D eigenvalue weighted by molar-refractivity contribution is 0.0465. The van der Waals surface area contributed by atoms with Gasteiger partial charge in [-0.2, -0.15) is 0 Å². The summed E-state index contributed by atoms with van der Waals surface area (Å²) in [6.45, 7) is 8.04. The van der Waals surface area contributed by atoms with Crippen LogP contribution in [0, 0.1) is 0 Å². The number of aromatic nitrogens is 1. The highest BCUT2D eigenvalue weighted by atomic mass is 16.5. The number of hydrogen-bond acceptors (Lipinski definition) is 5. The van der Waals surface area contributed by atoms with E-state index in [1.54, 1.807) is 11.1 Å². The van der Waals surface area contributed by atoms with Crippen LogP contribution in [0.3, 0.4) is 0 Å². The van der Waals surface area contributed by atoms with Gasteiger partial charge in [-0.15, -0.1) is 0 Å². The van der Waals surface area contributed by atoms with E-state index in [0.717, 1.165) is 18.8 Å². The summed E-state index contributed by atoms with van der Waals surface area (Å²) < 4.78 is 5.57. The molecular formula is C15H24N4O2. The van der Waals surface area contributed by atoms with E-state index in [4.69, 9.17) is 10.5 Å². The quantitative estimate of drug-likeness (QED) is 0.866. The zero-order chi connectivity index (χ0) is 15.2. The standard InChI is InChI=1S/C15H24N4O2/c1-3-18(4-2)15(20)14-9-12(5-6-17-14)19-7-8-21-13(10-16)11-19/h5-6,9,13H,3-4,7-8,10-11,16H2,1-2H3. The van der Waals surface area contributed by atoms with Crippen molar-refractivity contribution < 1.29 is 9.53 Å². The monoisotopic (exact) mass is 292 g/mol. The minimum atomic E-state index is -0.0227. The van der Waals surface area contributed by atoms with Crippen LogP contribution in [-0.4, -0.2) is 61.2 Å². The van der Waals surface area contributed by atoms with Crippen LogP contribution in [0.15, 0.2) is 18.3 Å². The first-order chi connectivity index (χ1) is 10.2. The Bertz CT molecular complexity index is 476. The van der Waals surface area contributed by atoms with Crippen LogP contribution < -0.4 is 10.6 Å². The number of pyridine rings is 1. The number of nitrogens with zero attached hydrogens (tertiary/aromatic N) is 3. The molecule has 0 aliphatic carbocycles. The molecule has 0 bridgehead atoms. The molecule has 1 saturated heterocycles. The molecule has 6 heteroatoms. The zero-order valence-electron chi connectivity index (χ0n) is 12.8. The number of carbonyl (C=O) groups is 1. The predicted molar refractivity (Wildman–Crippen MR) is 82.5 cm³/mol. The van der Waals surface area contributed by atoms with Gasteiger partial charge in [0.05, 0.1) is 12.7 Å². The van der Waals surface area contributed by atoms with E-state index in [2.05, 4.69) is 9.88 Å². The Kier molecular flexibility index (Phi) is 5.52. The molecule has 6 nitrogen and oxygen atoms in total. The fourth-order valence-corrected chi connectivity index (χ4v) is 2.50. The van der Waals surface area contributed by atoms with Crippen molar-refractivity contribution in [2.24, 2.45) is 5.73 Å². The molecule has 116 valence electrons. The highest BCUT2D eigenvalue weighted by Gasteiger charge is 2.21. The third kappa shape index (κ3) is 3.71. The van der Waals surface area contributed by atoms with Crippen LogP contribution in [0.25, 0.3) is 0 Å². The first-order valence-corrected chi connectivity index (χ1v) is 7.51. The van der Waals surface area contributed by atoms with Gasteiger partial charge in [-0.1, -0.05) is 0 Å². The summed E-state index contributed by atoms with van der Waals surface area (Å²) in [5, 5.41) is 0. The maximum absolute atomic E-state index is 12.4. The van der Waals surface area contributed by atoms with Gasteiger partial charge in [0.25, 0.3) is 5.91 Å². The van der Waals surface area contributed by atoms with E-state index in [1.807, 2.05) is 26.0 Å². The first-order valence-electron chi connectivity index (χ1n) is 7.51. The minimum absolute atomic E-state index is 0.0227. The number of amides is 1. The molecule has 0 spiro atoms. The molecule has 1 amide bonds. The summed E-state index contributed by atoms with van der Waals surface area (Å²) in [5.74, 6) is -0.0227. The third-order valence-corrected chi connectivity index (χ3v) is 3.78. The van der Waals surface area contributed by atoms with Crippen LogP contribution in [0.2, 0.25) is 0 Å². The summed E-state index contributed by atoms with van der Waals surface area (Å²) in [6, 6.07) is 3.79. The third-order valence-electron chi connectivity index (χ3n) is 3.78. The highest BCUT2D eigenvalue weighted by Crippen LogP contribution is 2.18. The number of morpholine rings is 1. The summed E-state index contributed by atoms with van der Waals surface area (Å²) in [6.07, 6.45) is 1.74. The predicted octanol–water partition coefficient (Wildman–Crippen LogP) is 0.728. The molecule has 1 unspecified atom stereocenters. The Labute approximate surface area is 125 Å². The van der Waals surface area contributed by atoms with Crippen LogP contribution in [0.5, 0.6) is 0 Å². The molecule has 2 rings (SSSR count). The lowest BCUT2D eigenvalue weighted by Gasteiger charge is -2.34. The SMILES string of the molecule is CCN(CC)C(=O)c1cc(N2CCOC(CN)C2)ccn1. The molecular weight excluding hydrogens is 268 g/mol. The maximum atomic E-state index is 12.4. The maximum Gasteiger partial charge on any atom is 0.272 e. The Morgan fingerprint density at radius 1 is 1.52 bits per heavy atom. The normalized spacial score (nSPS) is 18.6. The fourth-order valence-electron chi connectivity index (χ4n) is 2.50. The van der Waals surface area contributed by atoms with Crippen molar-refractivity contribution in [3.8, 4) is 0 Å². The zero-order valence-corrected chi connectivity index (χ0v) is 12.8. The molecule has 1 aromatic rings. The van der Waals surface area contributed by atoms with Crippen molar-refractivity contribution in [1.82, 2.24) is 9.88 Å². The molecule has 2 N–H and O–H groups in total. The van der Waals surface area contributed by atoms with Crippen molar-refractivity contribution in [2.45, 2.75) is 20.0 Å². The van der Waals surface area contributed by atoms with Crippen molar-refractivity contribution in [3.05, 3.63) is 24.0 Å². The van der Waals surface area contributed by atoms with Gasteiger partial charge in [0.2, 0.25) is 0 Å². The van der Waals surface area contributed by atoms with Crippen LogP contribution >= 0.6 is 0 Å². The minimum Gasteiger partial charge on any atom is -0.373 e. The smallest absolute Gasteiger partial charge is 0.272 e. The van der Waals surface area contributed by atoms with E-state index in [9.17, 15) is 4.79 Å². The van der Waals surface area contributed by atoms with Crippen LogP contribution in [0.1, 0.15) is 24.3 Å². The number of carbonyl (C=O) groups excluding carboxylic acids is 1. The van der Waals surface area contributed by atoms with Gasteiger partial charge < -0.3 is 20.3 Å². The Morgan fingerprint density at radius 3 is 2.95 bits per heavy atom. The second-order valence-electron chi connectivity index (χ2n) is 5.05. The summed E-state index contributed by atoms with van der Waals surface area (Å²) in [4.78, 5) is 20.5. The molecule has 0 aromatic carbocycles. The van der Waals surface area contributed by atoms with Crippen molar-refractivity contribution in [3.63, 3.8) is 0 Å². The Morgan fingerprint density at radius 2 is 2.29 bits per heavy atom. The molecule has 1 aliphatic rings. The van der Waals surface area contributed by atoms with Gasteiger partial charge in [-0.3, -0.25) is 9.78 Å². The Hall–Kier alpha value is -1.66. The van der Waals surface area contributed by atoms with Crippen molar-refractivity contribution in [2.75, 3.05) is 44.2 Å². The lowest BCUT2D eigenvalue weighted by Crippen LogP contribution is -2.45. The van der Waals surface area contributed by atoms with E-state index in [1.165, 1.54) is 0 Å². The number of nitrogens with two attached hydrogens (primary N) is 1. The Balaban J connectivity index is 2.15. The summed E-state index contributed by atoms with van der Waals surface area (Å²) in [7, 11) is 0. The number of hydrogen-bond donors (Lipinski definition) is 1. The average Bonchev–Trinajstić information content (AvgIpc) is 2.56. The lowest BCUT2D eigenvalue weighted by atomic mass is 10.2. The van der Waals surface area contributed by atoms with Gasteiger partial charge in [-0.05, 0) is 26.0 Å². The number of rotatable bonds is 5. The van der Waals surface area contributed by atoms with Crippen molar-refractivity contribution >= 4 is 11.6 Å². The second-order valence-corrected chi connectivity index (χ2v) is 5.05. The molecule has 2 heterocycles. The fraction of sp³-hybridized carbons (Fsp3) is 0.600. The van der Waals surface area contributed by atoms with Gasteiger partial charge in [0, 0.05) is 44.6 Å². The van der Waals surface area contributed by atoms with Gasteiger partial charge >= 0.3 is 0 Å². The molecule has 1 aromatic heterocycles. The van der Waals surface area contributed by atoms with Crippen LogP contribution in [0.4, 0.5) is 5.69 Å². The van der Waals surface area contributed by atoms with E-state index >= 15 is 0 Å². The van der Waals surface area contributed by atoms with E-state index in [0.29, 0.717) is 31.9 Å². The topological polar surface area (TPSA) is 71.7 Å². The van der Waals surface area contributed by atoms with Gasteiger partial charge in [-0.25, -0.2) is 0 Å². The second kappa shape index (κ2) is 7.38. The largest absolute Gasteiger partial charge is 0.373 e.